The van der Waals surface area contributed by atoms with E-state index in [0.717, 1.165) is 19.3 Å². The summed E-state index contributed by atoms with van der Waals surface area (Å²) in [7, 11) is 0. The second-order valence-electron chi connectivity index (χ2n) is 9.72. The number of hydrogen-bond acceptors (Lipinski definition) is 5. The summed E-state index contributed by atoms with van der Waals surface area (Å²) in [6, 6.07) is 0. The molecule has 5 nitrogen and oxygen atoms in total. The summed E-state index contributed by atoms with van der Waals surface area (Å²) in [4.78, 5) is 25.2. The first kappa shape index (κ1) is 20.5. The van der Waals surface area contributed by atoms with E-state index in [0.29, 0.717) is 12.8 Å². The summed E-state index contributed by atoms with van der Waals surface area (Å²) in [5, 5.41) is 20.6. The highest BCUT2D eigenvalue weighted by molar-refractivity contribution is 5.85. The Kier molecular flexibility index (Phi) is 5.09. The van der Waals surface area contributed by atoms with Crippen molar-refractivity contribution in [3.05, 3.63) is 12.7 Å². The number of hydrogen-bond donors (Lipinski definition) is 2. The molecule has 152 valence electrons. The van der Waals surface area contributed by atoms with Crippen LogP contribution in [-0.4, -0.2) is 40.8 Å². The molecule has 2 bridgehead atoms. The molecule has 3 saturated carbocycles. The summed E-state index contributed by atoms with van der Waals surface area (Å²) in [6.07, 6.45) is 4.10. The molecular formula is C22H34O5. The van der Waals surface area contributed by atoms with Gasteiger partial charge < -0.3 is 14.9 Å². The van der Waals surface area contributed by atoms with Crippen LogP contribution in [-0.2, 0) is 14.3 Å². The zero-order valence-electron chi connectivity index (χ0n) is 17.0. The number of carbonyl (C=O) groups is 2. The van der Waals surface area contributed by atoms with Crippen LogP contribution in [0.2, 0.25) is 0 Å². The highest BCUT2D eigenvalue weighted by Gasteiger charge is 2.68. The van der Waals surface area contributed by atoms with Gasteiger partial charge >= 0.3 is 5.97 Å². The van der Waals surface area contributed by atoms with Crippen molar-refractivity contribution in [1.82, 2.24) is 0 Å². The monoisotopic (exact) mass is 378 g/mol. The zero-order chi connectivity index (χ0) is 20.2. The van der Waals surface area contributed by atoms with E-state index in [1.54, 1.807) is 6.08 Å². The highest BCUT2D eigenvalue weighted by atomic mass is 16.6. The molecule has 0 aliphatic heterocycles. The van der Waals surface area contributed by atoms with Crippen LogP contribution < -0.4 is 0 Å². The molecule has 3 aliphatic carbocycles. The van der Waals surface area contributed by atoms with Gasteiger partial charge in [-0.2, -0.15) is 0 Å². The fourth-order valence-electron chi connectivity index (χ4n) is 6.70. The number of aliphatic hydroxyl groups excluding tert-OH is 2. The summed E-state index contributed by atoms with van der Waals surface area (Å²) in [5.74, 6) is -0.520. The van der Waals surface area contributed by atoms with Crippen LogP contribution in [0.5, 0.6) is 0 Å². The molecule has 27 heavy (non-hydrogen) atoms. The average Bonchev–Trinajstić information content (AvgIpc) is 3.00. The highest BCUT2D eigenvalue weighted by Crippen LogP contribution is 2.67. The van der Waals surface area contributed by atoms with Crippen molar-refractivity contribution in [2.24, 2.45) is 34.0 Å². The van der Waals surface area contributed by atoms with Crippen LogP contribution in [0, 0.1) is 34.0 Å². The van der Waals surface area contributed by atoms with Gasteiger partial charge in [0.2, 0.25) is 0 Å². The van der Waals surface area contributed by atoms with E-state index < -0.39 is 35.6 Å². The Hall–Kier alpha value is -1.20. The van der Waals surface area contributed by atoms with Crippen LogP contribution in [0.15, 0.2) is 12.7 Å². The Morgan fingerprint density at radius 1 is 1.33 bits per heavy atom. The van der Waals surface area contributed by atoms with Crippen LogP contribution in [0.25, 0.3) is 0 Å². The van der Waals surface area contributed by atoms with Crippen molar-refractivity contribution in [1.29, 1.82) is 0 Å². The van der Waals surface area contributed by atoms with Crippen LogP contribution in [0.3, 0.4) is 0 Å². The van der Waals surface area contributed by atoms with Crippen LogP contribution >= 0.6 is 0 Å². The maximum atomic E-state index is 13.1. The average molecular weight is 379 g/mol. The molecule has 0 heterocycles. The summed E-state index contributed by atoms with van der Waals surface area (Å²) < 4.78 is 5.77. The first-order valence-electron chi connectivity index (χ1n) is 10.2. The minimum absolute atomic E-state index is 0.0433. The lowest BCUT2D eigenvalue weighted by atomic mass is 9.44. The molecule has 0 aromatic heterocycles. The Balaban J connectivity index is 2.21. The third kappa shape index (κ3) is 2.72. The topological polar surface area (TPSA) is 83.8 Å². The fourth-order valence-corrected chi connectivity index (χ4v) is 6.70. The standard InChI is InChI=1S/C22H34O5/c1-6-20(4)11-16(27-17(25)12-23)21(5)13(2)7-9-22(14(3)19(20)26)10-8-15(24)18(21)22/h6,13-14,16,18-19,23,26H,1,7-12H2,2-5H3/t13?,14-,16+,18-,19-,20+,21+,22?/m0/s1. The predicted molar refractivity (Wildman–Crippen MR) is 102 cm³/mol. The van der Waals surface area contributed by atoms with E-state index in [1.165, 1.54) is 0 Å². The quantitative estimate of drug-likeness (QED) is 0.583. The number of ether oxygens (including phenoxy) is 1. The first-order chi connectivity index (χ1) is 12.6. The third-order valence-electron chi connectivity index (χ3n) is 8.70. The lowest BCUT2D eigenvalue weighted by molar-refractivity contribution is -0.207. The largest absolute Gasteiger partial charge is 0.460 e. The smallest absolute Gasteiger partial charge is 0.332 e. The third-order valence-corrected chi connectivity index (χ3v) is 8.70. The molecule has 0 aromatic rings. The summed E-state index contributed by atoms with van der Waals surface area (Å²) in [5.41, 5.74) is -1.43. The van der Waals surface area contributed by atoms with Gasteiger partial charge in [-0.1, -0.05) is 33.8 Å². The van der Waals surface area contributed by atoms with Gasteiger partial charge in [-0.25, -0.2) is 4.79 Å². The second-order valence-corrected chi connectivity index (χ2v) is 9.72. The number of esters is 1. The molecule has 0 aromatic carbocycles. The predicted octanol–water partition coefficient (Wildman–Crippen LogP) is 2.89. The Morgan fingerprint density at radius 2 is 2.00 bits per heavy atom. The molecule has 0 radical (unpaired) electrons. The maximum absolute atomic E-state index is 13.1. The van der Waals surface area contributed by atoms with Gasteiger partial charge in [0, 0.05) is 23.2 Å². The molecule has 2 unspecified atom stereocenters. The van der Waals surface area contributed by atoms with Crippen LogP contribution in [0.1, 0.15) is 59.8 Å². The maximum Gasteiger partial charge on any atom is 0.332 e. The zero-order valence-corrected chi connectivity index (χ0v) is 17.0. The minimum Gasteiger partial charge on any atom is -0.460 e. The minimum atomic E-state index is -0.686. The van der Waals surface area contributed by atoms with Crippen molar-refractivity contribution in [2.75, 3.05) is 6.61 Å². The molecule has 3 fully saturated rings. The normalized spacial score (nSPS) is 49.7. The van der Waals surface area contributed by atoms with E-state index in [1.807, 2.05) is 6.92 Å². The molecule has 2 N–H and O–H groups in total. The number of aliphatic hydroxyl groups is 2. The lowest BCUT2D eigenvalue weighted by Crippen LogP contribution is -2.63. The summed E-state index contributed by atoms with van der Waals surface area (Å²) in [6.45, 7) is 11.5. The number of rotatable bonds is 3. The molecule has 3 aliphatic rings. The first-order valence-corrected chi connectivity index (χ1v) is 10.2. The second kappa shape index (κ2) is 6.70. The van der Waals surface area contributed by atoms with Gasteiger partial charge in [0.15, 0.2) is 0 Å². The Bertz CT molecular complexity index is 645. The van der Waals surface area contributed by atoms with E-state index in [9.17, 15) is 19.8 Å². The van der Waals surface area contributed by atoms with Gasteiger partial charge in [0.25, 0.3) is 0 Å². The molecule has 0 saturated heterocycles. The van der Waals surface area contributed by atoms with Crippen molar-refractivity contribution in [3.63, 3.8) is 0 Å². The van der Waals surface area contributed by atoms with E-state index >= 15 is 0 Å². The number of ketones is 1. The Morgan fingerprint density at radius 3 is 2.59 bits per heavy atom. The summed E-state index contributed by atoms with van der Waals surface area (Å²) >= 11 is 0. The lowest BCUT2D eigenvalue weighted by Gasteiger charge is -2.61. The van der Waals surface area contributed by atoms with Gasteiger partial charge in [-0.15, -0.1) is 6.58 Å². The van der Waals surface area contributed by atoms with Crippen LogP contribution in [0.4, 0.5) is 0 Å². The molecule has 0 amide bonds. The van der Waals surface area contributed by atoms with Crippen molar-refractivity contribution in [3.8, 4) is 0 Å². The molecule has 0 spiro atoms. The molecule has 8 atom stereocenters. The molecule has 5 heteroatoms. The SMILES string of the molecule is C=C[C@]1(C)C[C@@H](OC(=O)CO)[C@@]2(C)C(C)CCC3(CCC(=O)[C@H]32)[C@@H](C)[C@@H]1O. The number of carbonyl (C=O) groups excluding carboxylic acids is 2. The Labute approximate surface area is 162 Å². The van der Waals surface area contributed by atoms with Gasteiger partial charge in [0.1, 0.15) is 18.5 Å². The van der Waals surface area contributed by atoms with Gasteiger partial charge in [0.05, 0.1) is 6.10 Å². The van der Waals surface area contributed by atoms with E-state index in [4.69, 9.17) is 4.74 Å². The molecular weight excluding hydrogens is 344 g/mol. The van der Waals surface area contributed by atoms with E-state index in [-0.39, 0.29) is 29.0 Å². The van der Waals surface area contributed by atoms with Gasteiger partial charge in [-0.05, 0) is 42.9 Å². The van der Waals surface area contributed by atoms with E-state index in [2.05, 4.69) is 27.4 Å². The van der Waals surface area contributed by atoms with Crippen molar-refractivity contribution in [2.45, 2.75) is 72.0 Å². The van der Waals surface area contributed by atoms with Gasteiger partial charge in [-0.3, -0.25) is 4.79 Å². The van der Waals surface area contributed by atoms with Crippen molar-refractivity contribution < 1.29 is 24.5 Å². The fraction of sp³-hybridized carbons (Fsp3) is 0.818. The molecule has 3 rings (SSSR count). The van der Waals surface area contributed by atoms with Crippen molar-refractivity contribution >= 4 is 11.8 Å². The number of Topliss-reactive ketones (excluding diaryl/α,β-unsaturated/α-hetero) is 1.